The van der Waals surface area contributed by atoms with E-state index in [2.05, 4.69) is 26.2 Å². The highest BCUT2D eigenvalue weighted by Gasteiger charge is 2.20. The lowest BCUT2D eigenvalue weighted by molar-refractivity contribution is -0.386. The summed E-state index contributed by atoms with van der Waals surface area (Å²) in [6.07, 6.45) is 0. The van der Waals surface area contributed by atoms with Gasteiger partial charge in [0.15, 0.2) is 0 Å². The molecule has 0 saturated heterocycles. The minimum atomic E-state index is -0.712. The van der Waals surface area contributed by atoms with E-state index < -0.39 is 16.4 Å². The molecule has 0 bridgehead atoms. The number of anilines is 1. The highest BCUT2D eigenvalue weighted by molar-refractivity contribution is 9.10. The van der Waals surface area contributed by atoms with Gasteiger partial charge in [0, 0.05) is 7.05 Å². The van der Waals surface area contributed by atoms with Gasteiger partial charge < -0.3 is 10.1 Å². The quantitative estimate of drug-likeness (QED) is 0.655. The second-order valence-electron chi connectivity index (χ2n) is 4.05. The van der Waals surface area contributed by atoms with Gasteiger partial charge in [-0.25, -0.2) is 9.37 Å². The van der Waals surface area contributed by atoms with Gasteiger partial charge in [0.1, 0.15) is 18.2 Å². The molecule has 21 heavy (non-hydrogen) atoms. The molecular formula is C13H11BrFN3O3. The number of ether oxygens (including phenoxy) is 1. The monoisotopic (exact) mass is 355 g/mol. The predicted octanol–water partition coefficient (Wildman–Crippen LogP) is 3.51. The third kappa shape index (κ3) is 3.66. The molecule has 0 radical (unpaired) electrons. The Balaban J connectivity index is 2.25. The Morgan fingerprint density at radius 3 is 2.90 bits per heavy atom. The van der Waals surface area contributed by atoms with Crippen LogP contribution < -0.4 is 10.1 Å². The van der Waals surface area contributed by atoms with Crippen molar-refractivity contribution in [2.75, 3.05) is 12.4 Å². The summed E-state index contributed by atoms with van der Waals surface area (Å²) < 4.78 is 18.8. The number of nitro groups is 1. The second kappa shape index (κ2) is 6.49. The molecule has 0 aliphatic rings. The van der Waals surface area contributed by atoms with E-state index in [0.29, 0.717) is 11.5 Å². The Kier molecular flexibility index (Phi) is 4.69. The summed E-state index contributed by atoms with van der Waals surface area (Å²) in [5.74, 6) is -0.0851. The van der Waals surface area contributed by atoms with Crippen LogP contribution in [0.3, 0.4) is 0 Å². The molecular weight excluding hydrogens is 345 g/mol. The van der Waals surface area contributed by atoms with Crippen LogP contribution in [0.4, 0.5) is 15.9 Å². The van der Waals surface area contributed by atoms with Crippen LogP contribution in [0.15, 0.2) is 34.8 Å². The fraction of sp³-hybridized carbons (Fsp3) is 0.154. The van der Waals surface area contributed by atoms with Crippen LogP contribution in [0.2, 0.25) is 0 Å². The first-order valence-corrected chi connectivity index (χ1v) is 6.70. The average molecular weight is 356 g/mol. The third-order valence-electron chi connectivity index (χ3n) is 2.61. The SMILES string of the molecule is CNc1cccc(COc2c(Br)cc(F)cc2[N+](=O)[O-])n1. The molecule has 0 unspecified atom stereocenters. The van der Waals surface area contributed by atoms with Gasteiger partial charge in [-0.05, 0) is 34.1 Å². The lowest BCUT2D eigenvalue weighted by Crippen LogP contribution is -2.03. The molecule has 1 aromatic heterocycles. The minimum absolute atomic E-state index is 0.0284. The van der Waals surface area contributed by atoms with Gasteiger partial charge in [-0.1, -0.05) is 6.07 Å². The standard InChI is InChI=1S/C13H11BrFN3O3/c1-16-12-4-2-3-9(17-12)7-21-13-10(14)5-8(15)6-11(13)18(19)20/h2-6H,7H2,1H3,(H,16,17). The number of aromatic nitrogens is 1. The molecule has 110 valence electrons. The molecule has 1 aromatic carbocycles. The summed E-state index contributed by atoms with van der Waals surface area (Å²) in [6, 6.07) is 7.22. The number of pyridine rings is 1. The van der Waals surface area contributed by atoms with E-state index in [-0.39, 0.29) is 16.8 Å². The maximum absolute atomic E-state index is 13.2. The van der Waals surface area contributed by atoms with Crippen molar-refractivity contribution in [3.63, 3.8) is 0 Å². The average Bonchev–Trinajstić information content (AvgIpc) is 2.45. The summed E-state index contributed by atoms with van der Waals surface area (Å²) in [5, 5.41) is 13.8. The molecule has 0 atom stereocenters. The first-order chi connectivity index (χ1) is 10.0. The Hall–Kier alpha value is -2.22. The van der Waals surface area contributed by atoms with Gasteiger partial charge in [-0.15, -0.1) is 0 Å². The van der Waals surface area contributed by atoms with Crippen LogP contribution in [-0.4, -0.2) is 17.0 Å². The summed E-state index contributed by atoms with van der Waals surface area (Å²) in [7, 11) is 1.73. The van der Waals surface area contributed by atoms with Crippen LogP contribution >= 0.6 is 15.9 Å². The maximum atomic E-state index is 13.2. The highest BCUT2D eigenvalue weighted by Crippen LogP contribution is 2.36. The van der Waals surface area contributed by atoms with Crippen LogP contribution in [0.25, 0.3) is 0 Å². The highest BCUT2D eigenvalue weighted by atomic mass is 79.9. The number of nitro benzene ring substituents is 1. The molecule has 0 aliphatic carbocycles. The lowest BCUT2D eigenvalue weighted by atomic mass is 10.3. The topological polar surface area (TPSA) is 77.3 Å². The van der Waals surface area contributed by atoms with Gasteiger partial charge >= 0.3 is 5.69 Å². The fourth-order valence-electron chi connectivity index (χ4n) is 1.67. The zero-order valence-corrected chi connectivity index (χ0v) is 12.6. The van der Waals surface area contributed by atoms with Crippen molar-refractivity contribution in [2.24, 2.45) is 0 Å². The van der Waals surface area contributed by atoms with Crippen molar-refractivity contribution in [2.45, 2.75) is 6.61 Å². The molecule has 0 saturated carbocycles. The number of rotatable bonds is 5. The van der Waals surface area contributed by atoms with Crippen molar-refractivity contribution in [1.29, 1.82) is 0 Å². The normalized spacial score (nSPS) is 10.2. The maximum Gasteiger partial charge on any atom is 0.315 e. The Morgan fingerprint density at radius 2 is 2.24 bits per heavy atom. The zero-order valence-electron chi connectivity index (χ0n) is 11.0. The number of nitrogens with one attached hydrogen (secondary N) is 1. The van der Waals surface area contributed by atoms with Crippen molar-refractivity contribution in [3.8, 4) is 5.75 Å². The zero-order chi connectivity index (χ0) is 15.4. The van der Waals surface area contributed by atoms with Crippen molar-refractivity contribution < 1.29 is 14.1 Å². The van der Waals surface area contributed by atoms with Gasteiger partial charge in [0.25, 0.3) is 0 Å². The van der Waals surface area contributed by atoms with E-state index >= 15 is 0 Å². The number of nitrogens with zero attached hydrogens (tertiary/aromatic N) is 2. The number of benzene rings is 1. The van der Waals surface area contributed by atoms with Gasteiger partial charge in [0.2, 0.25) is 5.75 Å². The molecule has 1 N–H and O–H groups in total. The van der Waals surface area contributed by atoms with Crippen LogP contribution in [0.5, 0.6) is 5.75 Å². The van der Waals surface area contributed by atoms with Crippen LogP contribution in [0, 0.1) is 15.9 Å². The van der Waals surface area contributed by atoms with E-state index in [9.17, 15) is 14.5 Å². The van der Waals surface area contributed by atoms with Crippen LogP contribution in [-0.2, 0) is 6.61 Å². The van der Waals surface area contributed by atoms with E-state index in [1.807, 2.05) is 0 Å². The van der Waals surface area contributed by atoms with E-state index in [0.717, 1.165) is 12.1 Å². The number of hydrogen-bond donors (Lipinski definition) is 1. The number of halogens is 2. The summed E-state index contributed by atoms with van der Waals surface area (Å²) in [6.45, 7) is 0.0284. The first kappa shape index (κ1) is 15.2. The molecule has 2 aromatic rings. The second-order valence-corrected chi connectivity index (χ2v) is 4.90. The molecule has 6 nitrogen and oxygen atoms in total. The van der Waals surface area contributed by atoms with Crippen molar-refractivity contribution in [1.82, 2.24) is 4.98 Å². The van der Waals surface area contributed by atoms with E-state index in [1.54, 1.807) is 25.2 Å². The third-order valence-corrected chi connectivity index (χ3v) is 3.20. The lowest BCUT2D eigenvalue weighted by Gasteiger charge is -2.09. The molecule has 0 amide bonds. The van der Waals surface area contributed by atoms with Gasteiger partial charge in [-0.2, -0.15) is 0 Å². The molecule has 0 aliphatic heterocycles. The predicted molar refractivity (Wildman–Crippen MR) is 78.9 cm³/mol. The van der Waals surface area contributed by atoms with Gasteiger partial charge in [-0.3, -0.25) is 10.1 Å². The Labute approximate surface area is 128 Å². The van der Waals surface area contributed by atoms with Crippen molar-refractivity contribution in [3.05, 3.63) is 56.4 Å². The van der Waals surface area contributed by atoms with E-state index in [4.69, 9.17) is 4.74 Å². The summed E-state index contributed by atoms with van der Waals surface area (Å²) in [4.78, 5) is 14.5. The summed E-state index contributed by atoms with van der Waals surface area (Å²) in [5.41, 5.74) is 0.152. The first-order valence-electron chi connectivity index (χ1n) is 5.91. The largest absolute Gasteiger partial charge is 0.480 e. The summed E-state index contributed by atoms with van der Waals surface area (Å²) >= 11 is 3.07. The molecule has 0 fully saturated rings. The fourth-order valence-corrected chi connectivity index (χ4v) is 2.21. The van der Waals surface area contributed by atoms with Gasteiger partial charge in [0.05, 0.1) is 21.2 Å². The Bertz CT molecular complexity index is 682. The van der Waals surface area contributed by atoms with Crippen molar-refractivity contribution >= 4 is 27.4 Å². The number of hydrogen-bond acceptors (Lipinski definition) is 5. The molecule has 1 heterocycles. The van der Waals surface area contributed by atoms with Crippen LogP contribution in [0.1, 0.15) is 5.69 Å². The molecule has 8 heteroatoms. The van der Waals surface area contributed by atoms with E-state index in [1.165, 1.54) is 0 Å². The Morgan fingerprint density at radius 1 is 1.48 bits per heavy atom. The minimum Gasteiger partial charge on any atom is -0.480 e. The molecule has 2 rings (SSSR count). The smallest absolute Gasteiger partial charge is 0.315 e. The molecule has 0 spiro atoms.